The number of piperidine rings is 1. The molecule has 7 nitrogen and oxygen atoms in total. The third-order valence-corrected chi connectivity index (χ3v) is 5.46. The van der Waals surface area contributed by atoms with Crippen LogP contribution in [0.2, 0.25) is 0 Å². The average Bonchev–Trinajstić information content (AvgIpc) is 2.78. The molecule has 0 aliphatic carbocycles. The molecule has 0 bridgehead atoms. The fourth-order valence-corrected chi connectivity index (χ4v) is 3.71. The summed E-state index contributed by atoms with van der Waals surface area (Å²) in [5, 5.41) is 5.91. The second-order valence-corrected chi connectivity index (χ2v) is 7.75. The van der Waals surface area contributed by atoms with Crippen LogP contribution in [-0.4, -0.2) is 44.1 Å². The zero-order valence-electron chi connectivity index (χ0n) is 17.7. The van der Waals surface area contributed by atoms with E-state index >= 15 is 0 Å². The Labute approximate surface area is 177 Å². The number of amides is 3. The zero-order chi connectivity index (χ0) is 21.6. The number of nitrogens with zero attached hydrogens (tertiary/aromatic N) is 1. The highest BCUT2D eigenvalue weighted by Crippen LogP contribution is 2.32. The first-order valence-corrected chi connectivity index (χ1v) is 10.1. The fraction of sp³-hybridized carbons (Fsp3) is 0.391. The first-order valence-electron chi connectivity index (χ1n) is 10.1. The van der Waals surface area contributed by atoms with Crippen LogP contribution >= 0.6 is 0 Å². The molecule has 0 radical (unpaired) electrons. The largest absolute Gasteiger partial charge is 0.493 e. The lowest BCUT2D eigenvalue weighted by Crippen LogP contribution is -2.52. The van der Waals surface area contributed by atoms with Crippen LogP contribution < -0.4 is 20.1 Å². The van der Waals surface area contributed by atoms with Crippen LogP contribution in [0.25, 0.3) is 0 Å². The highest BCUT2D eigenvalue weighted by molar-refractivity contribution is 5.91. The summed E-state index contributed by atoms with van der Waals surface area (Å²) >= 11 is 0. The van der Waals surface area contributed by atoms with Crippen molar-refractivity contribution in [3.8, 4) is 11.5 Å². The molecule has 0 spiro atoms. The van der Waals surface area contributed by atoms with E-state index in [1.54, 1.807) is 37.3 Å². The van der Waals surface area contributed by atoms with Crippen molar-refractivity contribution in [1.82, 2.24) is 10.2 Å². The van der Waals surface area contributed by atoms with Crippen LogP contribution in [-0.2, 0) is 11.3 Å². The van der Waals surface area contributed by atoms with Gasteiger partial charge in [-0.05, 0) is 37.5 Å². The summed E-state index contributed by atoms with van der Waals surface area (Å²) in [6, 6.07) is 14.8. The number of rotatable bonds is 6. The van der Waals surface area contributed by atoms with Crippen molar-refractivity contribution < 1.29 is 19.1 Å². The van der Waals surface area contributed by atoms with Crippen LogP contribution in [0.5, 0.6) is 11.5 Å². The third-order valence-electron chi connectivity index (χ3n) is 5.46. The summed E-state index contributed by atoms with van der Waals surface area (Å²) in [6.07, 6.45) is 1.52. The fourth-order valence-electron chi connectivity index (χ4n) is 3.71. The smallest absolute Gasteiger partial charge is 0.321 e. The number of carbonyl (C=O) groups is 2. The molecule has 1 saturated heterocycles. The molecule has 1 aliphatic heterocycles. The lowest BCUT2D eigenvalue weighted by atomic mass is 9.81. The van der Waals surface area contributed by atoms with Crippen molar-refractivity contribution in [2.45, 2.75) is 26.3 Å². The topological polar surface area (TPSA) is 79.9 Å². The Hall–Kier alpha value is -3.22. The summed E-state index contributed by atoms with van der Waals surface area (Å²) in [6.45, 7) is 3.38. The number of benzene rings is 2. The van der Waals surface area contributed by atoms with E-state index in [1.807, 2.05) is 37.3 Å². The van der Waals surface area contributed by atoms with Gasteiger partial charge >= 0.3 is 6.03 Å². The molecule has 0 aromatic heterocycles. The third kappa shape index (κ3) is 5.03. The van der Waals surface area contributed by atoms with Gasteiger partial charge in [0.05, 0.1) is 19.6 Å². The van der Waals surface area contributed by atoms with Crippen molar-refractivity contribution in [2.24, 2.45) is 5.41 Å². The Morgan fingerprint density at radius 1 is 1.07 bits per heavy atom. The maximum Gasteiger partial charge on any atom is 0.321 e. The molecule has 3 amide bonds. The Morgan fingerprint density at radius 3 is 2.50 bits per heavy atom. The first-order chi connectivity index (χ1) is 14.4. The summed E-state index contributed by atoms with van der Waals surface area (Å²) in [7, 11) is 3.11. The molecule has 2 N–H and O–H groups in total. The standard InChI is InChI=1S/C23H29N3O4/c1-23(21(27)24-15-17-8-5-4-6-9-17)12-7-13-26(16-23)22(28)25-18-10-11-19(29-2)20(14-18)30-3/h4-6,8-11,14H,7,12-13,15-16H2,1-3H3,(H,24,27)(H,25,28)/t23-/m1/s1. The molecule has 0 unspecified atom stereocenters. The van der Waals surface area contributed by atoms with Crippen LogP contribution in [0, 0.1) is 5.41 Å². The summed E-state index contributed by atoms with van der Waals surface area (Å²) < 4.78 is 10.5. The van der Waals surface area contributed by atoms with Gasteiger partial charge in [0.25, 0.3) is 0 Å². The Bertz CT molecular complexity index is 887. The van der Waals surface area contributed by atoms with Gasteiger partial charge in [-0.2, -0.15) is 0 Å². The minimum Gasteiger partial charge on any atom is -0.493 e. The monoisotopic (exact) mass is 411 g/mol. The van der Waals surface area contributed by atoms with E-state index in [9.17, 15) is 9.59 Å². The Kier molecular flexibility index (Phi) is 6.82. The van der Waals surface area contributed by atoms with E-state index in [-0.39, 0.29) is 11.9 Å². The van der Waals surface area contributed by atoms with Gasteiger partial charge in [-0.1, -0.05) is 30.3 Å². The van der Waals surface area contributed by atoms with Gasteiger partial charge in [0.1, 0.15) is 0 Å². The molecule has 1 atom stereocenters. The van der Waals surface area contributed by atoms with E-state index in [1.165, 1.54) is 0 Å². The lowest BCUT2D eigenvalue weighted by Gasteiger charge is -2.39. The minimum atomic E-state index is -0.623. The molecule has 2 aromatic carbocycles. The number of methoxy groups -OCH3 is 2. The average molecular weight is 412 g/mol. The molecular formula is C23H29N3O4. The van der Waals surface area contributed by atoms with Crippen molar-refractivity contribution in [3.63, 3.8) is 0 Å². The maximum absolute atomic E-state index is 12.9. The SMILES string of the molecule is COc1ccc(NC(=O)N2CCC[C@@](C)(C(=O)NCc3ccccc3)C2)cc1OC. The number of likely N-dealkylation sites (tertiary alicyclic amines) is 1. The molecule has 160 valence electrons. The number of anilines is 1. The molecule has 3 rings (SSSR count). The molecule has 2 aromatic rings. The number of ether oxygens (including phenoxy) is 2. The Balaban J connectivity index is 1.61. The predicted octanol–water partition coefficient (Wildman–Crippen LogP) is 3.65. The van der Waals surface area contributed by atoms with Crippen molar-refractivity contribution in [1.29, 1.82) is 0 Å². The van der Waals surface area contributed by atoms with Gasteiger partial charge in [-0.3, -0.25) is 4.79 Å². The molecular weight excluding hydrogens is 382 g/mol. The normalized spacial score (nSPS) is 18.4. The van der Waals surface area contributed by atoms with Crippen molar-refractivity contribution in [3.05, 3.63) is 54.1 Å². The molecule has 1 fully saturated rings. The van der Waals surface area contributed by atoms with E-state index in [0.717, 1.165) is 18.4 Å². The number of hydrogen-bond donors (Lipinski definition) is 2. The number of urea groups is 1. The second kappa shape index (κ2) is 9.52. The van der Waals surface area contributed by atoms with Crippen molar-refractivity contribution >= 4 is 17.6 Å². The lowest BCUT2D eigenvalue weighted by molar-refractivity contribution is -0.132. The highest BCUT2D eigenvalue weighted by atomic mass is 16.5. The minimum absolute atomic E-state index is 0.0324. The molecule has 1 heterocycles. The summed E-state index contributed by atoms with van der Waals surface area (Å²) in [5.74, 6) is 1.10. The number of carbonyl (C=O) groups excluding carboxylic acids is 2. The summed E-state index contributed by atoms with van der Waals surface area (Å²) in [5.41, 5.74) is 1.04. The molecule has 7 heteroatoms. The molecule has 1 aliphatic rings. The molecule has 30 heavy (non-hydrogen) atoms. The van der Waals surface area contributed by atoms with Crippen LogP contribution in [0.15, 0.2) is 48.5 Å². The van der Waals surface area contributed by atoms with Crippen LogP contribution in [0.3, 0.4) is 0 Å². The quantitative estimate of drug-likeness (QED) is 0.760. The number of nitrogens with one attached hydrogen (secondary N) is 2. The van der Waals surface area contributed by atoms with Gasteiger partial charge in [0.15, 0.2) is 11.5 Å². The van der Waals surface area contributed by atoms with Crippen LogP contribution in [0.1, 0.15) is 25.3 Å². The first kappa shape index (κ1) is 21.5. The van der Waals surface area contributed by atoms with Crippen molar-refractivity contribution in [2.75, 3.05) is 32.6 Å². The van der Waals surface area contributed by atoms with E-state index in [4.69, 9.17) is 9.47 Å². The molecule has 0 saturated carbocycles. The van der Waals surface area contributed by atoms with Crippen LogP contribution in [0.4, 0.5) is 10.5 Å². The van der Waals surface area contributed by atoms with Gasteiger partial charge in [0.2, 0.25) is 5.91 Å². The highest BCUT2D eigenvalue weighted by Gasteiger charge is 2.39. The predicted molar refractivity (Wildman–Crippen MR) is 116 cm³/mol. The summed E-state index contributed by atoms with van der Waals surface area (Å²) in [4.78, 5) is 27.4. The van der Waals surface area contributed by atoms with Gasteiger partial charge in [-0.15, -0.1) is 0 Å². The van der Waals surface area contributed by atoms with Gasteiger partial charge in [0, 0.05) is 31.4 Å². The van der Waals surface area contributed by atoms with Gasteiger partial charge in [-0.25, -0.2) is 4.79 Å². The second-order valence-electron chi connectivity index (χ2n) is 7.75. The number of hydrogen-bond acceptors (Lipinski definition) is 4. The van der Waals surface area contributed by atoms with E-state index in [0.29, 0.717) is 36.8 Å². The van der Waals surface area contributed by atoms with Gasteiger partial charge < -0.3 is 25.0 Å². The zero-order valence-corrected chi connectivity index (χ0v) is 17.7. The Morgan fingerprint density at radius 2 is 1.80 bits per heavy atom. The van der Waals surface area contributed by atoms with E-state index < -0.39 is 5.41 Å². The maximum atomic E-state index is 12.9. The van der Waals surface area contributed by atoms with E-state index in [2.05, 4.69) is 10.6 Å².